The number of nitrogens with zero attached hydrogens (tertiary/aromatic N) is 12. The zero-order valence-corrected chi connectivity index (χ0v) is 44.9. The second kappa shape index (κ2) is 31.4. The molecule has 0 radical (unpaired) electrons. The maximum Gasteiger partial charge on any atom is 0.187 e. The van der Waals surface area contributed by atoms with Gasteiger partial charge < -0.3 is 47.4 Å². The van der Waals surface area contributed by atoms with Gasteiger partial charge in [0.15, 0.2) is 12.6 Å². The SMILES string of the molecule is [N-]=[N+]=NC[C@H]1O[C@H](O[C@@H]2C[C@@H](N=[N+]=[N-])[C@H](O[C@H]3O[C@H](COCc4ccccc4)[C@@H](OCc4ccccc4)[C@H](N=[N+]=[N-])[C@H]3OCc3ccccc3)C[C@H]2N=[N+]=[N-])[C@H](OCc2ccccc2)[C@@H](OCc2ccccc2)[C@@H]1OCc1ccccc1. The lowest BCUT2D eigenvalue weighted by Gasteiger charge is -2.49. The summed E-state index contributed by atoms with van der Waals surface area (Å²) in [5.41, 5.74) is 45.6. The molecule has 0 amide bonds. The van der Waals surface area contributed by atoms with E-state index in [1.165, 1.54) is 0 Å². The van der Waals surface area contributed by atoms with E-state index in [0.29, 0.717) is 0 Å². The topological polar surface area (TPSA) is 287 Å². The average Bonchev–Trinajstić information content (AvgIpc) is 3.43. The highest BCUT2D eigenvalue weighted by atomic mass is 16.7. The van der Waals surface area contributed by atoms with Crippen molar-refractivity contribution < 1.29 is 47.4 Å². The third-order valence-electron chi connectivity index (χ3n) is 14.4. The molecular formula is C60H64N12O10. The summed E-state index contributed by atoms with van der Waals surface area (Å²) < 4.78 is 67.5. The molecule has 0 bridgehead atoms. The second-order valence-electron chi connectivity index (χ2n) is 19.9. The van der Waals surface area contributed by atoms with Crippen LogP contribution in [-0.4, -0.2) is 98.8 Å². The number of hydrogen-bond donors (Lipinski definition) is 0. The fourth-order valence-corrected chi connectivity index (χ4v) is 10.3. The molecule has 22 nitrogen and oxygen atoms in total. The minimum atomic E-state index is -1.29. The van der Waals surface area contributed by atoms with Crippen molar-refractivity contribution in [1.82, 2.24) is 0 Å². The van der Waals surface area contributed by atoms with Gasteiger partial charge in [-0.15, -0.1) is 0 Å². The monoisotopic (exact) mass is 1110 g/mol. The van der Waals surface area contributed by atoms with Crippen LogP contribution < -0.4 is 0 Å². The number of azide groups is 4. The number of hydrogen-bond acceptors (Lipinski definition) is 14. The molecule has 1 aliphatic carbocycles. The Kier molecular flexibility index (Phi) is 22.5. The van der Waals surface area contributed by atoms with E-state index >= 15 is 0 Å². The molecule has 2 aliphatic heterocycles. The van der Waals surface area contributed by atoms with Crippen molar-refractivity contribution >= 4 is 0 Å². The van der Waals surface area contributed by atoms with Crippen LogP contribution in [0, 0.1) is 0 Å². The molecule has 2 heterocycles. The van der Waals surface area contributed by atoms with Gasteiger partial charge in [0.1, 0.15) is 30.5 Å². The van der Waals surface area contributed by atoms with Crippen LogP contribution in [0.5, 0.6) is 0 Å². The molecule has 0 aromatic heterocycles. The van der Waals surface area contributed by atoms with Gasteiger partial charge in [0.2, 0.25) is 0 Å². The molecule has 3 aliphatic rings. The minimum Gasteiger partial charge on any atom is -0.374 e. The first-order chi connectivity index (χ1) is 40.5. The summed E-state index contributed by atoms with van der Waals surface area (Å²) in [4.78, 5) is 12.9. The molecule has 82 heavy (non-hydrogen) atoms. The maximum atomic E-state index is 10.2. The molecular weight excluding hydrogens is 1050 g/mol. The van der Waals surface area contributed by atoms with Gasteiger partial charge in [-0.05, 0) is 68.3 Å². The Morgan fingerprint density at radius 3 is 1.15 bits per heavy atom. The second-order valence-corrected chi connectivity index (χ2v) is 19.9. The van der Waals surface area contributed by atoms with Gasteiger partial charge in [0, 0.05) is 19.6 Å². The largest absolute Gasteiger partial charge is 0.374 e. The van der Waals surface area contributed by atoms with E-state index in [1.54, 1.807) is 0 Å². The van der Waals surface area contributed by atoms with Gasteiger partial charge in [0.25, 0.3) is 0 Å². The fraction of sp³-hybridized carbons (Fsp3) is 0.400. The van der Waals surface area contributed by atoms with Crippen LogP contribution in [0.25, 0.3) is 41.8 Å². The third-order valence-corrected chi connectivity index (χ3v) is 14.4. The molecule has 22 heteroatoms. The smallest absolute Gasteiger partial charge is 0.187 e. The highest BCUT2D eigenvalue weighted by Gasteiger charge is 2.53. The minimum absolute atomic E-state index is 0.0114. The van der Waals surface area contributed by atoms with Crippen molar-refractivity contribution in [2.24, 2.45) is 20.5 Å². The standard InChI is InChI=1S/C60H64N12O10/c61-69-65-33-51-55(75-36-43-23-11-3-12-24-43)57(77-38-45-27-15-5-16-28-45)58(78-39-46-29-17-6-18-30-46)60(81-51)80-50-32-47(66-70-62)49(31-48(50)67-71-63)79-59-56(76-37-44-25-13-4-14-26-44)53(68-72-64)54(74-35-42-21-9-2-10-22-42)52(82-59)40-73-34-41-19-7-1-8-20-41/h1-30,47-60H,31-40H2/t47-,48-,49-,50-,51-,52-,53+,54-,55-,56-,57+,58-,59+,60+/m1/s1. The Balaban J connectivity index is 1.03. The van der Waals surface area contributed by atoms with Gasteiger partial charge in [-0.2, -0.15) is 0 Å². The molecule has 0 unspecified atom stereocenters. The van der Waals surface area contributed by atoms with Crippen LogP contribution >= 0.6 is 0 Å². The van der Waals surface area contributed by atoms with Crippen molar-refractivity contribution in [2.45, 2.75) is 138 Å². The summed E-state index contributed by atoms with van der Waals surface area (Å²) in [5, 5.41) is 16.8. The molecule has 2 saturated heterocycles. The predicted molar refractivity (Wildman–Crippen MR) is 300 cm³/mol. The van der Waals surface area contributed by atoms with E-state index in [-0.39, 0.29) is 65.6 Å². The van der Waals surface area contributed by atoms with Gasteiger partial charge in [-0.1, -0.05) is 202 Å². The van der Waals surface area contributed by atoms with E-state index in [4.69, 9.17) is 47.4 Å². The summed E-state index contributed by atoms with van der Waals surface area (Å²) in [6.45, 7) is 0.686. The number of rotatable bonds is 28. The van der Waals surface area contributed by atoms with E-state index in [1.807, 2.05) is 182 Å². The van der Waals surface area contributed by atoms with Gasteiger partial charge >= 0.3 is 0 Å². The lowest BCUT2D eigenvalue weighted by molar-refractivity contribution is -0.335. The summed E-state index contributed by atoms with van der Waals surface area (Å²) >= 11 is 0. The molecule has 6 aromatic carbocycles. The van der Waals surface area contributed by atoms with Crippen molar-refractivity contribution in [3.63, 3.8) is 0 Å². The van der Waals surface area contributed by atoms with E-state index in [2.05, 4.69) is 40.1 Å². The van der Waals surface area contributed by atoms with Crippen molar-refractivity contribution in [3.05, 3.63) is 257 Å². The van der Waals surface area contributed by atoms with Gasteiger partial charge in [-0.25, -0.2) is 0 Å². The zero-order valence-electron chi connectivity index (χ0n) is 44.9. The van der Waals surface area contributed by atoms with Crippen molar-refractivity contribution in [2.75, 3.05) is 13.2 Å². The molecule has 0 spiro atoms. The van der Waals surface area contributed by atoms with Crippen molar-refractivity contribution in [3.8, 4) is 0 Å². The molecule has 1 saturated carbocycles. The maximum absolute atomic E-state index is 10.2. The summed E-state index contributed by atoms with van der Waals surface area (Å²) in [7, 11) is 0. The normalized spacial score (nSPS) is 26.9. The van der Waals surface area contributed by atoms with Crippen LogP contribution in [0.1, 0.15) is 46.2 Å². The molecule has 3 fully saturated rings. The number of ether oxygens (including phenoxy) is 10. The highest BCUT2D eigenvalue weighted by Crippen LogP contribution is 2.39. The van der Waals surface area contributed by atoms with Crippen LogP contribution in [0.15, 0.2) is 202 Å². The summed E-state index contributed by atoms with van der Waals surface area (Å²) in [6.07, 6.45) is -11.2. The van der Waals surface area contributed by atoms with Crippen molar-refractivity contribution in [1.29, 1.82) is 0 Å². The molecule has 14 atom stereocenters. The molecule has 0 N–H and O–H groups in total. The number of benzene rings is 6. The third kappa shape index (κ3) is 16.6. The Bertz CT molecular complexity index is 3050. The van der Waals surface area contributed by atoms with Crippen LogP contribution in [0.4, 0.5) is 0 Å². The van der Waals surface area contributed by atoms with Crippen LogP contribution in [0.2, 0.25) is 0 Å². The molecule has 9 rings (SSSR count). The van der Waals surface area contributed by atoms with Gasteiger partial charge in [0.05, 0.1) is 95.3 Å². The Labute approximate surface area is 474 Å². The van der Waals surface area contributed by atoms with Crippen LogP contribution in [0.3, 0.4) is 0 Å². The Morgan fingerprint density at radius 2 is 0.732 bits per heavy atom. The fourth-order valence-electron chi connectivity index (χ4n) is 10.3. The first-order valence-corrected chi connectivity index (χ1v) is 27.1. The highest BCUT2D eigenvalue weighted by molar-refractivity contribution is 5.18. The zero-order chi connectivity index (χ0) is 56.6. The van der Waals surface area contributed by atoms with E-state index < -0.39 is 85.6 Å². The quantitative estimate of drug-likeness (QED) is 0.0254. The summed E-state index contributed by atoms with van der Waals surface area (Å²) in [5.74, 6) is 0. The average molecular weight is 1110 g/mol. The lowest BCUT2D eigenvalue weighted by Crippen LogP contribution is -2.63. The Hall–Kier alpha value is -7.84. The van der Waals surface area contributed by atoms with E-state index in [9.17, 15) is 22.1 Å². The summed E-state index contributed by atoms with van der Waals surface area (Å²) in [6, 6.07) is 54.5. The van der Waals surface area contributed by atoms with E-state index in [0.717, 1.165) is 33.4 Å². The predicted octanol–water partition coefficient (Wildman–Crippen LogP) is 12.5. The molecule has 6 aromatic rings. The van der Waals surface area contributed by atoms with Crippen LogP contribution in [-0.2, 0) is 87.0 Å². The molecule has 424 valence electrons. The first-order valence-electron chi connectivity index (χ1n) is 27.1. The first kappa shape index (κ1) is 58.8. The van der Waals surface area contributed by atoms with Gasteiger partial charge in [-0.3, -0.25) is 0 Å². The Morgan fingerprint density at radius 1 is 0.378 bits per heavy atom. The lowest BCUT2D eigenvalue weighted by atomic mass is 9.86.